The van der Waals surface area contributed by atoms with E-state index in [9.17, 15) is 4.79 Å². The molecule has 0 bridgehead atoms. The third-order valence-corrected chi connectivity index (χ3v) is 3.23. The van der Waals surface area contributed by atoms with Crippen molar-refractivity contribution in [1.82, 2.24) is 5.32 Å². The van der Waals surface area contributed by atoms with Gasteiger partial charge in [0.1, 0.15) is 12.4 Å². The molecule has 0 radical (unpaired) electrons. The van der Waals surface area contributed by atoms with Crippen LogP contribution in [0.15, 0.2) is 18.2 Å². The van der Waals surface area contributed by atoms with E-state index in [0.717, 1.165) is 25.0 Å². The zero-order valence-electron chi connectivity index (χ0n) is 12.2. The van der Waals surface area contributed by atoms with Crippen molar-refractivity contribution in [1.29, 1.82) is 0 Å². The Morgan fingerprint density at radius 1 is 1.52 bits per heavy atom. The van der Waals surface area contributed by atoms with Gasteiger partial charge in [0.2, 0.25) is 0 Å². The molecule has 1 atom stereocenters. The molecule has 2 rings (SSSR count). The van der Waals surface area contributed by atoms with Crippen molar-refractivity contribution >= 4 is 11.7 Å². The Bertz CT molecular complexity index is 473. The molecular formula is C15H22N2O4. The van der Waals surface area contributed by atoms with Crippen molar-refractivity contribution < 1.29 is 19.4 Å². The van der Waals surface area contributed by atoms with Gasteiger partial charge in [-0.15, -0.1) is 0 Å². The number of hydrogen-bond donors (Lipinski definition) is 3. The number of urea groups is 1. The maximum atomic E-state index is 11.7. The standard InChI is InChI=1S/C15H22N2O4/c1-11-4-5-13(17-15(19)16-6-7-18)14(9-11)21-10-12-3-2-8-20-12/h4-5,9,12,18H,2-3,6-8,10H2,1H3,(H2,16,17,19). The summed E-state index contributed by atoms with van der Waals surface area (Å²) in [6, 6.07) is 5.23. The molecule has 1 heterocycles. The number of ether oxygens (including phenoxy) is 2. The van der Waals surface area contributed by atoms with Crippen LogP contribution in [-0.2, 0) is 4.74 Å². The topological polar surface area (TPSA) is 79.8 Å². The third-order valence-electron chi connectivity index (χ3n) is 3.23. The second kappa shape index (κ2) is 7.85. The maximum absolute atomic E-state index is 11.7. The van der Waals surface area contributed by atoms with Gasteiger partial charge >= 0.3 is 6.03 Å². The van der Waals surface area contributed by atoms with Crippen LogP contribution in [0, 0.1) is 6.92 Å². The number of aliphatic hydroxyl groups excluding tert-OH is 1. The largest absolute Gasteiger partial charge is 0.489 e. The molecule has 1 aromatic rings. The Balaban J connectivity index is 1.97. The minimum absolute atomic E-state index is 0.0936. The smallest absolute Gasteiger partial charge is 0.319 e. The third kappa shape index (κ3) is 4.91. The van der Waals surface area contributed by atoms with Gasteiger partial charge in [-0.25, -0.2) is 4.79 Å². The van der Waals surface area contributed by atoms with Crippen molar-refractivity contribution in [2.24, 2.45) is 0 Å². The summed E-state index contributed by atoms with van der Waals surface area (Å²) in [6.45, 7) is 3.36. The Kier molecular flexibility index (Phi) is 5.83. The van der Waals surface area contributed by atoms with E-state index < -0.39 is 0 Å². The molecule has 6 heteroatoms. The van der Waals surface area contributed by atoms with Crippen LogP contribution in [0.2, 0.25) is 0 Å². The van der Waals surface area contributed by atoms with Crippen molar-refractivity contribution in [3.8, 4) is 5.75 Å². The molecule has 0 aliphatic carbocycles. The van der Waals surface area contributed by atoms with E-state index in [4.69, 9.17) is 14.6 Å². The second-order valence-electron chi connectivity index (χ2n) is 5.05. The SMILES string of the molecule is Cc1ccc(NC(=O)NCCO)c(OCC2CCCO2)c1. The average molecular weight is 294 g/mol. The fourth-order valence-electron chi connectivity index (χ4n) is 2.15. The highest BCUT2D eigenvalue weighted by molar-refractivity contribution is 5.90. The van der Waals surface area contributed by atoms with E-state index in [1.165, 1.54) is 0 Å². The molecule has 1 unspecified atom stereocenters. The molecule has 1 fully saturated rings. The van der Waals surface area contributed by atoms with Gasteiger partial charge in [0.25, 0.3) is 0 Å². The van der Waals surface area contributed by atoms with E-state index >= 15 is 0 Å². The van der Waals surface area contributed by atoms with Crippen molar-refractivity contribution in [2.75, 3.05) is 31.7 Å². The Hall–Kier alpha value is -1.79. The molecule has 0 saturated carbocycles. The lowest BCUT2D eigenvalue weighted by atomic mass is 10.2. The Labute approximate surface area is 124 Å². The highest BCUT2D eigenvalue weighted by Gasteiger charge is 2.17. The number of benzene rings is 1. The molecule has 1 aromatic carbocycles. The lowest BCUT2D eigenvalue weighted by molar-refractivity contribution is 0.0682. The molecular weight excluding hydrogens is 272 g/mol. The first-order valence-corrected chi connectivity index (χ1v) is 7.20. The van der Waals surface area contributed by atoms with Gasteiger partial charge in [-0.05, 0) is 37.5 Å². The van der Waals surface area contributed by atoms with Crippen LogP contribution in [0.4, 0.5) is 10.5 Å². The first-order valence-electron chi connectivity index (χ1n) is 7.20. The molecule has 116 valence electrons. The van der Waals surface area contributed by atoms with E-state index in [1.54, 1.807) is 6.07 Å². The van der Waals surface area contributed by atoms with Gasteiger partial charge in [0, 0.05) is 13.2 Å². The lowest BCUT2D eigenvalue weighted by Gasteiger charge is -2.16. The summed E-state index contributed by atoms with van der Waals surface area (Å²) in [5, 5.41) is 14.0. The fourth-order valence-corrected chi connectivity index (χ4v) is 2.15. The Morgan fingerprint density at radius 2 is 2.38 bits per heavy atom. The second-order valence-corrected chi connectivity index (χ2v) is 5.05. The number of hydrogen-bond acceptors (Lipinski definition) is 4. The van der Waals surface area contributed by atoms with Gasteiger partial charge < -0.3 is 25.2 Å². The summed E-state index contributed by atoms with van der Waals surface area (Å²) in [5.74, 6) is 0.629. The van der Waals surface area contributed by atoms with Gasteiger partial charge in [-0.3, -0.25) is 0 Å². The normalized spacial score (nSPS) is 17.5. The number of aryl methyl sites for hydroxylation is 1. The zero-order valence-corrected chi connectivity index (χ0v) is 12.2. The van der Waals surface area contributed by atoms with Crippen LogP contribution in [0.25, 0.3) is 0 Å². The summed E-state index contributed by atoms with van der Waals surface area (Å²) in [6.07, 6.45) is 2.20. The minimum Gasteiger partial charge on any atom is -0.489 e. The van der Waals surface area contributed by atoms with Crippen LogP contribution in [0.5, 0.6) is 5.75 Å². The number of carbonyl (C=O) groups is 1. The van der Waals surface area contributed by atoms with Crippen molar-refractivity contribution in [3.63, 3.8) is 0 Å². The van der Waals surface area contributed by atoms with Crippen LogP contribution in [0.1, 0.15) is 18.4 Å². The number of nitrogens with one attached hydrogen (secondary N) is 2. The molecule has 6 nitrogen and oxygen atoms in total. The maximum Gasteiger partial charge on any atom is 0.319 e. The van der Waals surface area contributed by atoms with E-state index in [1.807, 2.05) is 19.1 Å². The van der Waals surface area contributed by atoms with Crippen LogP contribution in [0.3, 0.4) is 0 Å². The summed E-state index contributed by atoms with van der Waals surface area (Å²) in [4.78, 5) is 11.7. The molecule has 0 spiro atoms. The molecule has 0 aromatic heterocycles. The van der Waals surface area contributed by atoms with Crippen LogP contribution < -0.4 is 15.4 Å². The van der Waals surface area contributed by atoms with Crippen LogP contribution >= 0.6 is 0 Å². The number of aliphatic hydroxyl groups is 1. The molecule has 1 aliphatic heterocycles. The highest BCUT2D eigenvalue weighted by atomic mass is 16.5. The lowest BCUT2D eigenvalue weighted by Crippen LogP contribution is -2.31. The van der Waals surface area contributed by atoms with E-state index in [-0.39, 0.29) is 25.3 Å². The Morgan fingerprint density at radius 3 is 3.10 bits per heavy atom. The summed E-state index contributed by atoms with van der Waals surface area (Å²) >= 11 is 0. The van der Waals surface area contributed by atoms with Crippen LogP contribution in [-0.4, -0.2) is 43.6 Å². The number of rotatable bonds is 6. The van der Waals surface area contributed by atoms with Crippen molar-refractivity contribution in [3.05, 3.63) is 23.8 Å². The summed E-state index contributed by atoms with van der Waals surface area (Å²) < 4.78 is 11.3. The summed E-state index contributed by atoms with van der Waals surface area (Å²) in [5.41, 5.74) is 1.66. The number of amides is 2. The molecule has 2 amide bonds. The molecule has 1 saturated heterocycles. The molecule has 1 aliphatic rings. The zero-order chi connectivity index (χ0) is 15.1. The predicted molar refractivity (Wildman–Crippen MR) is 79.8 cm³/mol. The quantitative estimate of drug-likeness (QED) is 0.745. The van der Waals surface area contributed by atoms with Gasteiger partial charge in [-0.2, -0.15) is 0 Å². The first kappa shape index (κ1) is 15.6. The predicted octanol–water partition coefficient (Wildman–Crippen LogP) is 1.67. The highest BCUT2D eigenvalue weighted by Crippen LogP contribution is 2.26. The molecule has 21 heavy (non-hydrogen) atoms. The van der Waals surface area contributed by atoms with Gasteiger partial charge in [0.05, 0.1) is 18.4 Å². The summed E-state index contributed by atoms with van der Waals surface area (Å²) in [7, 11) is 0. The minimum atomic E-state index is -0.366. The monoisotopic (exact) mass is 294 g/mol. The van der Waals surface area contributed by atoms with Gasteiger partial charge in [-0.1, -0.05) is 6.07 Å². The number of anilines is 1. The molecule has 3 N–H and O–H groups in total. The first-order chi connectivity index (χ1) is 10.2. The average Bonchev–Trinajstić information content (AvgIpc) is 2.98. The number of carbonyl (C=O) groups excluding carboxylic acids is 1. The van der Waals surface area contributed by atoms with Gasteiger partial charge in [0.15, 0.2) is 0 Å². The fraction of sp³-hybridized carbons (Fsp3) is 0.533. The van der Waals surface area contributed by atoms with E-state index in [2.05, 4.69) is 10.6 Å². The van der Waals surface area contributed by atoms with E-state index in [0.29, 0.717) is 18.0 Å². The van der Waals surface area contributed by atoms with Crippen molar-refractivity contribution in [2.45, 2.75) is 25.9 Å².